The van der Waals surface area contributed by atoms with Gasteiger partial charge in [0.05, 0.1) is 33.5 Å². The second-order valence-electron chi connectivity index (χ2n) is 6.55. The van der Waals surface area contributed by atoms with Gasteiger partial charge in [0, 0.05) is 25.2 Å². The summed E-state index contributed by atoms with van der Waals surface area (Å²) in [5.41, 5.74) is -1.32. The van der Waals surface area contributed by atoms with Gasteiger partial charge in [-0.05, 0) is 25.8 Å². The van der Waals surface area contributed by atoms with E-state index < -0.39 is 29.9 Å². The Kier molecular flexibility index (Phi) is 11.4. The van der Waals surface area contributed by atoms with Crippen LogP contribution in [0.1, 0.15) is 26.2 Å². The van der Waals surface area contributed by atoms with Gasteiger partial charge in [0.15, 0.2) is 0 Å². The molecule has 1 rings (SSSR count). The molecule has 1 N–H and O–H groups in total. The molecule has 0 radical (unpaired) electrons. The molecule has 0 aromatic heterocycles. The van der Waals surface area contributed by atoms with Crippen molar-refractivity contribution < 1.29 is 38.4 Å². The smallest absolute Gasteiger partial charge is 0.331 e. The number of ether oxygens (including phenoxy) is 4. The fourth-order valence-electron chi connectivity index (χ4n) is 2.57. The first-order valence-corrected chi connectivity index (χ1v) is 9.48. The van der Waals surface area contributed by atoms with Crippen LogP contribution in [0.3, 0.4) is 0 Å². The van der Waals surface area contributed by atoms with Gasteiger partial charge in [-0.2, -0.15) is 0 Å². The number of hydrogen-bond acceptors (Lipinski definition) is 9. The molecule has 160 valence electrons. The van der Waals surface area contributed by atoms with E-state index in [1.54, 1.807) is 6.92 Å². The maximum atomic E-state index is 12.4. The summed E-state index contributed by atoms with van der Waals surface area (Å²) in [6.45, 7) is 5.34. The lowest BCUT2D eigenvalue weighted by Crippen LogP contribution is -2.41. The fraction of sp³-hybridized carbons (Fsp3) is 0.737. The molecule has 0 bridgehead atoms. The summed E-state index contributed by atoms with van der Waals surface area (Å²) in [6, 6.07) is 0. The Morgan fingerprint density at radius 1 is 1.11 bits per heavy atom. The zero-order valence-corrected chi connectivity index (χ0v) is 16.7. The van der Waals surface area contributed by atoms with E-state index in [4.69, 9.17) is 14.2 Å². The average Bonchev–Trinajstić information content (AvgIpc) is 2.73. The molecule has 0 amide bonds. The van der Waals surface area contributed by atoms with Crippen LogP contribution in [-0.2, 0) is 33.3 Å². The van der Waals surface area contributed by atoms with Gasteiger partial charge in [-0.3, -0.25) is 9.69 Å². The molecule has 9 heteroatoms. The van der Waals surface area contributed by atoms with Gasteiger partial charge in [-0.15, -0.1) is 0 Å². The second kappa shape index (κ2) is 13.2. The van der Waals surface area contributed by atoms with Crippen LogP contribution in [0.25, 0.3) is 0 Å². The minimum atomic E-state index is -1.32. The molecule has 0 saturated carbocycles. The molecular formula is C19H31NO8. The number of morpholine rings is 1. The summed E-state index contributed by atoms with van der Waals surface area (Å²) >= 11 is 0. The molecule has 1 saturated heterocycles. The SMILES string of the molecule is CCC(CO)(COC(=O)/C=C/C(=O)OC)C(=O)OCCCCN1CCOCC1. The van der Waals surface area contributed by atoms with E-state index in [0.717, 1.165) is 51.4 Å². The van der Waals surface area contributed by atoms with Crippen molar-refractivity contribution in [1.29, 1.82) is 0 Å². The van der Waals surface area contributed by atoms with Crippen molar-refractivity contribution in [1.82, 2.24) is 4.90 Å². The van der Waals surface area contributed by atoms with Gasteiger partial charge >= 0.3 is 17.9 Å². The number of aliphatic hydroxyl groups excluding tert-OH is 1. The fourth-order valence-corrected chi connectivity index (χ4v) is 2.57. The predicted octanol–water partition coefficient (Wildman–Crippen LogP) is 0.303. The number of carbonyl (C=O) groups is 3. The highest BCUT2D eigenvalue weighted by Gasteiger charge is 2.39. The molecule has 1 unspecified atom stereocenters. The molecule has 0 aromatic rings. The molecule has 1 aliphatic heterocycles. The molecule has 1 aliphatic rings. The largest absolute Gasteiger partial charge is 0.466 e. The normalized spacial score (nSPS) is 17.1. The summed E-state index contributed by atoms with van der Waals surface area (Å²) in [5, 5.41) is 9.69. The number of rotatable bonds is 12. The topological polar surface area (TPSA) is 112 Å². The van der Waals surface area contributed by atoms with E-state index in [9.17, 15) is 19.5 Å². The Balaban J connectivity index is 2.38. The number of carbonyl (C=O) groups excluding carboxylic acids is 3. The van der Waals surface area contributed by atoms with Gasteiger partial charge < -0.3 is 24.1 Å². The molecule has 1 atom stereocenters. The summed E-state index contributed by atoms with van der Waals surface area (Å²) in [6.07, 6.45) is 3.65. The first-order chi connectivity index (χ1) is 13.5. The van der Waals surface area contributed by atoms with Crippen molar-refractivity contribution in [2.24, 2.45) is 5.41 Å². The third kappa shape index (κ3) is 8.37. The van der Waals surface area contributed by atoms with Crippen molar-refractivity contribution in [3.05, 3.63) is 12.2 Å². The van der Waals surface area contributed by atoms with Crippen molar-refractivity contribution >= 4 is 17.9 Å². The predicted molar refractivity (Wildman–Crippen MR) is 99.4 cm³/mol. The van der Waals surface area contributed by atoms with Crippen molar-refractivity contribution in [2.45, 2.75) is 26.2 Å². The van der Waals surface area contributed by atoms with Crippen LogP contribution in [0.15, 0.2) is 12.2 Å². The molecular weight excluding hydrogens is 370 g/mol. The van der Waals surface area contributed by atoms with Gasteiger partial charge in [0.1, 0.15) is 12.0 Å². The van der Waals surface area contributed by atoms with Gasteiger partial charge in [0.2, 0.25) is 0 Å². The zero-order chi connectivity index (χ0) is 20.8. The first kappa shape index (κ1) is 24.1. The Morgan fingerprint density at radius 2 is 1.79 bits per heavy atom. The second-order valence-corrected chi connectivity index (χ2v) is 6.55. The monoisotopic (exact) mass is 401 g/mol. The molecule has 28 heavy (non-hydrogen) atoms. The lowest BCUT2D eigenvalue weighted by Gasteiger charge is -2.28. The van der Waals surface area contributed by atoms with E-state index in [-0.39, 0.29) is 19.6 Å². The third-order valence-corrected chi connectivity index (χ3v) is 4.67. The van der Waals surface area contributed by atoms with Crippen LogP contribution in [-0.4, -0.2) is 87.7 Å². The first-order valence-electron chi connectivity index (χ1n) is 9.48. The molecule has 0 aromatic carbocycles. The summed E-state index contributed by atoms with van der Waals surface area (Å²) < 4.78 is 20.0. The molecule has 0 aliphatic carbocycles. The number of methoxy groups -OCH3 is 1. The van der Waals surface area contributed by atoms with Crippen molar-refractivity contribution in [2.75, 3.05) is 59.8 Å². The summed E-state index contributed by atoms with van der Waals surface area (Å²) in [4.78, 5) is 37.3. The number of hydrogen-bond donors (Lipinski definition) is 1. The Hall–Kier alpha value is -1.97. The minimum absolute atomic E-state index is 0.237. The number of aliphatic hydroxyl groups is 1. The van der Waals surface area contributed by atoms with E-state index in [2.05, 4.69) is 9.64 Å². The van der Waals surface area contributed by atoms with Crippen LogP contribution in [0.4, 0.5) is 0 Å². The number of nitrogens with zero attached hydrogens (tertiary/aromatic N) is 1. The highest BCUT2D eigenvalue weighted by molar-refractivity contribution is 5.91. The third-order valence-electron chi connectivity index (χ3n) is 4.67. The van der Waals surface area contributed by atoms with Crippen LogP contribution in [0.5, 0.6) is 0 Å². The maximum Gasteiger partial charge on any atom is 0.331 e. The van der Waals surface area contributed by atoms with Crippen molar-refractivity contribution in [3.63, 3.8) is 0 Å². The van der Waals surface area contributed by atoms with Gasteiger partial charge in [-0.1, -0.05) is 6.92 Å². The summed E-state index contributed by atoms with van der Waals surface area (Å²) in [5.74, 6) is -2.11. The van der Waals surface area contributed by atoms with E-state index in [0.29, 0.717) is 6.42 Å². The molecule has 1 fully saturated rings. The van der Waals surface area contributed by atoms with Gasteiger partial charge in [-0.25, -0.2) is 9.59 Å². The lowest BCUT2D eigenvalue weighted by atomic mass is 9.87. The maximum absolute atomic E-state index is 12.4. The Morgan fingerprint density at radius 3 is 2.39 bits per heavy atom. The average molecular weight is 401 g/mol. The van der Waals surface area contributed by atoms with Crippen LogP contribution >= 0.6 is 0 Å². The lowest BCUT2D eigenvalue weighted by molar-refractivity contribution is -0.166. The molecule has 9 nitrogen and oxygen atoms in total. The zero-order valence-electron chi connectivity index (χ0n) is 16.7. The molecule has 0 spiro atoms. The molecule has 1 heterocycles. The standard InChI is InChI=1S/C19H31NO8/c1-3-19(14-21,15-28-17(23)7-6-16(22)25-2)18(24)27-11-5-4-8-20-9-12-26-13-10-20/h6-7,21H,3-5,8-15H2,1-2H3/b7-6+. The highest BCUT2D eigenvalue weighted by atomic mass is 16.6. The van der Waals surface area contributed by atoms with Crippen LogP contribution in [0.2, 0.25) is 0 Å². The summed E-state index contributed by atoms with van der Waals surface area (Å²) in [7, 11) is 1.18. The van der Waals surface area contributed by atoms with Gasteiger partial charge in [0.25, 0.3) is 0 Å². The minimum Gasteiger partial charge on any atom is -0.466 e. The van der Waals surface area contributed by atoms with E-state index >= 15 is 0 Å². The van der Waals surface area contributed by atoms with Crippen LogP contribution in [0, 0.1) is 5.41 Å². The van der Waals surface area contributed by atoms with Crippen LogP contribution < -0.4 is 0 Å². The number of unbranched alkanes of at least 4 members (excludes halogenated alkanes) is 1. The number of esters is 3. The quantitative estimate of drug-likeness (QED) is 0.214. The van der Waals surface area contributed by atoms with E-state index in [1.807, 2.05) is 0 Å². The van der Waals surface area contributed by atoms with E-state index in [1.165, 1.54) is 7.11 Å². The Bertz CT molecular complexity index is 524. The highest BCUT2D eigenvalue weighted by Crippen LogP contribution is 2.24. The van der Waals surface area contributed by atoms with Crippen molar-refractivity contribution in [3.8, 4) is 0 Å². The Labute approximate surface area is 165 Å².